The molecule has 88 valence electrons. The molecule has 3 heteroatoms. The third kappa shape index (κ3) is 3.56. The van der Waals surface area contributed by atoms with Crippen molar-refractivity contribution in [2.45, 2.75) is 38.2 Å². The van der Waals surface area contributed by atoms with Crippen molar-refractivity contribution < 1.29 is 9.90 Å². The molecule has 0 unspecified atom stereocenters. The molecule has 0 saturated heterocycles. The Balaban J connectivity index is 2.71. The average molecular weight is 238 g/mol. The standard InChI is InChI=1S/C13H18O2S/c1-9-5-10(2)7-11(6-9)8-16-13(3,4)12(14)15/h5-7H,8H2,1-4H3,(H,14,15). The smallest absolute Gasteiger partial charge is 0.319 e. The lowest BCUT2D eigenvalue weighted by Crippen LogP contribution is -2.27. The van der Waals surface area contributed by atoms with E-state index in [1.54, 1.807) is 13.8 Å². The van der Waals surface area contributed by atoms with Gasteiger partial charge in [0.15, 0.2) is 0 Å². The Labute approximate surface area is 101 Å². The van der Waals surface area contributed by atoms with E-state index in [-0.39, 0.29) is 0 Å². The molecule has 1 aromatic rings. The van der Waals surface area contributed by atoms with Crippen LogP contribution in [0.5, 0.6) is 0 Å². The first-order valence-electron chi connectivity index (χ1n) is 5.26. The first-order chi connectivity index (χ1) is 7.31. The van der Waals surface area contributed by atoms with Crippen molar-refractivity contribution in [3.05, 3.63) is 34.9 Å². The van der Waals surface area contributed by atoms with Crippen LogP contribution in [0.25, 0.3) is 0 Å². The Morgan fingerprint density at radius 3 is 2.19 bits per heavy atom. The fourth-order valence-corrected chi connectivity index (χ4v) is 2.30. The van der Waals surface area contributed by atoms with Crippen molar-refractivity contribution in [1.29, 1.82) is 0 Å². The van der Waals surface area contributed by atoms with E-state index < -0.39 is 10.7 Å². The van der Waals surface area contributed by atoms with Gasteiger partial charge in [-0.3, -0.25) is 4.79 Å². The molecule has 0 heterocycles. The van der Waals surface area contributed by atoms with Crippen LogP contribution in [-0.2, 0) is 10.5 Å². The summed E-state index contributed by atoms with van der Waals surface area (Å²) in [7, 11) is 0. The molecule has 1 rings (SSSR count). The summed E-state index contributed by atoms with van der Waals surface area (Å²) >= 11 is 1.46. The van der Waals surface area contributed by atoms with Crippen molar-refractivity contribution in [1.82, 2.24) is 0 Å². The third-order valence-electron chi connectivity index (χ3n) is 2.40. The Bertz CT molecular complexity index is 377. The molecule has 0 aliphatic rings. The van der Waals surface area contributed by atoms with E-state index in [1.807, 2.05) is 0 Å². The van der Waals surface area contributed by atoms with E-state index >= 15 is 0 Å². The van der Waals surface area contributed by atoms with E-state index in [0.29, 0.717) is 0 Å². The summed E-state index contributed by atoms with van der Waals surface area (Å²) < 4.78 is -0.725. The average Bonchev–Trinajstić information content (AvgIpc) is 2.13. The largest absolute Gasteiger partial charge is 0.480 e. The number of carbonyl (C=O) groups is 1. The molecule has 2 nitrogen and oxygen atoms in total. The van der Waals surface area contributed by atoms with Crippen molar-refractivity contribution in [2.24, 2.45) is 0 Å². The first kappa shape index (κ1) is 13.1. The van der Waals surface area contributed by atoms with Gasteiger partial charge in [-0.25, -0.2) is 0 Å². The van der Waals surface area contributed by atoms with E-state index in [0.717, 1.165) is 5.75 Å². The van der Waals surface area contributed by atoms with Crippen LogP contribution in [0.4, 0.5) is 0 Å². The van der Waals surface area contributed by atoms with Gasteiger partial charge in [0.05, 0.1) is 0 Å². The molecule has 0 atom stereocenters. The second-order valence-corrected chi connectivity index (χ2v) is 6.20. The van der Waals surface area contributed by atoms with Gasteiger partial charge in [0.1, 0.15) is 4.75 Å². The second-order valence-electron chi connectivity index (χ2n) is 4.60. The predicted octanol–water partition coefficient (Wildman–Crippen LogP) is 3.40. The Morgan fingerprint density at radius 1 is 1.25 bits per heavy atom. The van der Waals surface area contributed by atoms with Gasteiger partial charge in [0.2, 0.25) is 0 Å². The number of carboxylic acid groups (broad SMARTS) is 1. The van der Waals surface area contributed by atoms with E-state index in [9.17, 15) is 4.79 Å². The summed E-state index contributed by atoms with van der Waals surface area (Å²) in [6, 6.07) is 6.34. The number of benzene rings is 1. The van der Waals surface area contributed by atoms with Gasteiger partial charge in [-0.2, -0.15) is 0 Å². The zero-order chi connectivity index (χ0) is 12.3. The highest BCUT2D eigenvalue weighted by atomic mass is 32.2. The van der Waals surface area contributed by atoms with Crippen molar-refractivity contribution in [3.8, 4) is 0 Å². The summed E-state index contributed by atoms with van der Waals surface area (Å²) in [6.07, 6.45) is 0. The predicted molar refractivity (Wildman–Crippen MR) is 68.9 cm³/mol. The maximum Gasteiger partial charge on any atom is 0.319 e. The second kappa shape index (κ2) is 4.91. The third-order valence-corrected chi connectivity index (χ3v) is 3.77. The molecule has 16 heavy (non-hydrogen) atoms. The van der Waals surface area contributed by atoms with Gasteiger partial charge in [-0.15, -0.1) is 11.8 Å². The van der Waals surface area contributed by atoms with Crippen molar-refractivity contribution in [3.63, 3.8) is 0 Å². The van der Waals surface area contributed by atoms with Crippen LogP contribution >= 0.6 is 11.8 Å². The number of aryl methyl sites for hydroxylation is 2. The number of carboxylic acids is 1. The normalized spacial score (nSPS) is 11.5. The molecule has 0 spiro atoms. The molecule has 0 aliphatic heterocycles. The van der Waals surface area contributed by atoms with E-state index in [1.165, 1.54) is 28.5 Å². The zero-order valence-electron chi connectivity index (χ0n) is 10.2. The van der Waals surface area contributed by atoms with Gasteiger partial charge in [0.25, 0.3) is 0 Å². The lowest BCUT2D eigenvalue weighted by atomic mass is 10.1. The maximum atomic E-state index is 11.0. The highest BCUT2D eigenvalue weighted by Gasteiger charge is 2.27. The first-order valence-corrected chi connectivity index (χ1v) is 6.24. The van der Waals surface area contributed by atoms with Gasteiger partial charge >= 0.3 is 5.97 Å². The Kier molecular flexibility index (Phi) is 4.03. The Morgan fingerprint density at radius 2 is 1.75 bits per heavy atom. The summed E-state index contributed by atoms with van der Waals surface area (Å²) in [5.74, 6) is -0.0242. The number of hydrogen-bond acceptors (Lipinski definition) is 2. The maximum absolute atomic E-state index is 11.0. The van der Waals surface area contributed by atoms with E-state index in [2.05, 4.69) is 32.0 Å². The summed E-state index contributed by atoms with van der Waals surface area (Å²) in [6.45, 7) is 7.60. The minimum Gasteiger partial charge on any atom is -0.480 e. The molecule has 0 aromatic heterocycles. The van der Waals surface area contributed by atoms with Crippen LogP contribution in [-0.4, -0.2) is 15.8 Å². The van der Waals surface area contributed by atoms with Gasteiger partial charge in [-0.1, -0.05) is 29.3 Å². The fourth-order valence-electron chi connectivity index (χ4n) is 1.48. The van der Waals surface area contributed by atoms with Crippen LogP contribution in [0.1, 0.15) is 30.5 Å². The molecule has 0 radical (unpaired) electrons. The van der Waals surface area contributed by atoms with Gasteiger partial charge in [-0.05, 0) is 33.3 Å². The van der Waals surface area contributed by atoms with Crippen LogP contribution in [0.2, 0.25) is 0 Å². The molecule has 0 aliphatic carbocycles. The van der Waals surface area contributed by atoms with Gasteiger partial charge in [0, 0.05) is 5.75 Å². The molecule has 1 N–H and O–H groups in total. The van der Waals surface area contributed by atoms with Crippen LogP contribution in [0.3, 0.4) is 0 Å². The van der Waals surface area contributed by atoms with Gasteiger partial charge < -0.3 is 5.11 Å². The molecule has 0 bridgehead atoms. The number of thioether (sulfide) groups is 1. The Hall–Kier alpha value is -0.960. The monoisotopic (exact) mass is 238 g/mol. The highest BCUT2D eigenvalue weighted by molar-refractivity contribution is 8.00. The quantitative estimate of drug-likeness (QED) is 0.873. The number of aliphatic carboxylic acids is 1. The summed E-state index contributed by atoms with van der Waals surface area (Å²) in [5.41, 5.74) is 3.64. The topological polar surface area (TPSA) is 37.3 Å². The SMILES string of the molecule is Cc1cc(C)cc(CSC(C)(C)C(=O)O)c1. The lowest BCUT2D eigenvalue weighted by Gasteiger charge is -2.18. The molecular weight excluding hydrogens is 220 g/mol. The van der Waals surface area contributed by atoms with E-state index in [4.69, 9.17) is 5.11 Å². The summed E-state index contributed by atoms with van der Waals surface area (Å²) in [5, 5.41) is 9.01. The summed E-state index contributed by atoms with van der Waals surface area (Å²) in [4.78, 5) is 11.0. The molecule has 1 aromatic carbocycles. The zero-order valence-corrected chi connectivity index (χ0v) is 11.0. The van der Waals surface area contributed by atoms with Crippen LogP contribution < -0.4 is 0 Å². The molecule has 0 amide bonds. The number of rotatable bonds is 4. The highest BCUT2D eigenvalue weighted by Crippen LogP contribution is 2.28. The molecule has 0 saturated carbocycles. The van der Waals surface area contributed by atoms with Crippen LogP contribution in [0, 0.1) is 13.8 Å². The van der Waals surface area contributed by atoms with Crippen molar-refractivity contribution >= 4 is 17.7 Å². The molecule has 0 fully saturated rings. The minimum absolute atomic E-state index is 0.725. The lowest BCUT2D eigenvalue weighted by molar-refractivity contribution is -0.138. The fraction of sp³-hybridized carbons (Fsp3) is 0.462. The molecular formula is C13H18O2S. The minimum atomic E-state index is -0.762. The van der Waals surface area contributed by atoms with Crippen LogP contribution in [0.15, 0.2) is 18.2 Å². The van der Waals surface area contributed by atoms with Crippen molar-refractivity contribution in [2.75, 3.05) is 0 Å². The number of hydrogen-bond donors (Lipinski definition) is 1.